The summed E-state index contributed by atoms with van der Waals surface area (Å²) < 4.78 is 0. The predicted molar refractivity (Wildman–Crippen MR) is 76.9 cm³/mol. The van der Waals surface area contributed by atoms with Crippen molar-refractivity contribution in [3.63, 3.8) is 0 Å². The van der Waals surface area contributed by atoms with Crippen molar-refractivity contribution in [3.05, 3.63) is 11.5 Å². The molecule has 0 saturated carbocycles. The van der Waals surface area contributed by atoms with E-state index in [0.29, 0.717) is 17.4 Å². The van der Waals surface area contributed by atoms with Crippen molar-refractivity contribution in [1.82, 2.24) is 14.9 Å². The maximum atomic E-state index is 5.84. The molecule has 1 rings (SSSR count). The number of hydrogen-bond acceptors (Lipinski definition) is 5. The first-order chi connectivity index (χ1) is 8.38. The molecule has 0 bridgehead atoms. The van der Waals surface area contributed by atoms with E-state index in [1.54, 1.807) is 0 Å². The number of hydrogen-bond donors (Lipinski definition) is 2. The van der Waals surface area contributed by atoms with Crippen molar-refractivity contribution in [2.75, 3.05) is 31.7 Å². The van der Waals surface area contributed by atoms with Gasteiger partial charge in [0.15, 0.2) is 5.82 Å². The number of nitrogens with zero attached hydrogens (tertiary/aromatic N) is 3. The van der Waals surface area contributed by atoms with E-state index in [0.717, 1.165) is 13.0 Å². The van der Waals surface area contributed by atoms with Crippen LogP contribution in [0.2, 0.25) is 5.28 Å². The van der Waals surface area contributed by atoms with Crippen molar-refractivity contribution in [2.24, 2.45) is 5.92 Å². The standard InChI is InChI=1S/C12H22ClN5/c1-8(2)5-9(7-18(3)4)16-11-10(14)6-15-12(13)17-11/h6,8-9H,5,7,14H2,1-4H3,(H,15,16,17). The molecule has 0 spiro atoms. The second kappa shape index (κ2) is 6.75. The molecule has 0 amide bonds. The molecule has 5 nitrogen and oxygen atoms in total. The van der Waals surface area contributed by atoms with E-state index < -0.39 is 0 Å². The first kappa shape index (κ1) is 15.0. The van der Waals surface area contributed by atoms with Gasteiger partial charge in [-0.3, -0.25) is 0 Å². The Labute approximate surface area is 114 Å². The first-order valence-corrected chi connectivity index (χ1v) is 6.45. The second-order valence-corrected chi connectivity index (χ2v) is 5.51. The number of nitrogens with two attached hydrogens (primary N) is 1. The van der Waals surface area contributed by atoms with Gasteiger partial charge in [0.1, 0.15) is 0 Å². The van der Waals surface area contributed by atoms with E-state index in [2.05, 4.69) is 34.0 Å². The molecule has 1 aromatic heterocycles. The van der Waals surface area contributed by atoms with Gasteiger partial charge in [0.05, 0.1) is 11.9 Å². The van der Waals surface area contributed by atoms with Gasteiger partial charge in [0.2, 0.25) is 5.28 Å². The quantitative estimate of drug-likeness (QED) is 0.776. The molecule has 102 valence electrons. The van der Waals surface area contributed by atoms with Gasteiger partial charge >= 0.3 is 0 Å². The van der Waals surface area contributed by atoms with Gasteiger partial charge in [-0.1, -0.05) is 13.8 Å². The van der Waals surface area contributed by atoms with Crippen LogP contribution in [0.5, 0.6) is 0 Å². The normalized spacial score (nSPS) is 13.1. The molecule has 0 aromatic carbocycles. The van der Waals surface area contributed by atoms with Crippen molar-refractivity contribution in [1.29, 1.82) is 0 Å². The van der Waals surface area contributed by atoms with Gasteiger partial charge < -0.3 is 16.0 Å². The Morgan fingerprint density at radius 1 is 1.44 bits per heavy atom. The van der Waals surface area contributed by atoms with Crippen molar-refractivity contribution in [3.8, 4) is 0 Å². The molecule has 1 unspecified atom stereocenters. The average Bonchev–Trinajstić information content (AvgIpc) is 2.21. The average molecular weight is 272 g/mol. The van der Waals surface area contributed by atoms with Crippen LogP contribution in [0, 0.1) is 5.92 Å². The molecule has 6 heteroatoms. The smallest absolute Gasteiger partial charge is 0.224 e. The van der Waals surface area contributed by atoms with Gasteiger partial charge in [0, 0.05) is 12.6 Å². The van der Waals surface area contributed by atoms with Crippen LogP contribution in [0.25, 0.3) is 0 Å². The topological polar surface area (TPSA) is 67.1 Å². The van der Waals surface area contributed by atoms with E-state index in [4.69, 9.17) is 17.3 Å². The van der Waals surface area contributed by atoms with E-state index in [-0.39, 0.29) is 11.3 Å². The second-order valence-electron chi connectivity index (χ2n) is 5.18. The summed E-state index contributed by atoms with van der Waals surface area (Å²) in [6.07, 6.45) is 2.57. The van der Waals surface area contributed by atoms with Crippen LogP contribution >= 0.6 is 11.6 Å². The fraction of sp³-hybridized carbons (Fsp3) is 0.667. The molecule has 0 radical (unpaired) electrons. The third-order valence-electron chi connectivity index (χ3n) is 2.47. The highest BCUT2D eigenvalue weighted by Crippen LogP contribution is 2.19. The summed E-state index contributed by atoms with van der Waals surface area (Å²) >= 11 is 5.78. The number of rotatable bonds is 6. The van der Waals surface area contributed by atoms with Gasteiger partial charge in [-0.25, -0.2) is 4.98 Å². The molecule has 1 heterocycles. The summed E-state index contributed by atoms with van der Waals surface area (Å²) in [7, 11) is 4.09. The fourth-order valence-electron chi connectivity index (χ4n) is 1.87. The van der Waals surface area contributed by atoms with Crippen LogP contribution in [-0.2, 0) is 0 Å². The summed E-state index contributed by atoms with van der Waals surface area (Å²) in [6, 6.07) is 0.285. The van der Waals surface area contributed by atoms with Crippen LogP contribution in [0.1, 0.15) is 20.3 Å². The van der Waals surface area contributed by atoms with E-state index in [1.807, 2.05) is 14.1 Å². The Kier molecular flexibility index (Phi) is 5.62. The number of nitrogens with one attached hydrogen (secondary N) is 1. The molecule has 1 aromatic rings. The molecule has 0 aliphatic carbocycles. The zero-order chi connectivity index (χ0) is 13.7. The SMILES string of the molecule is CC(C)CC(CN(C)C)Nc1nc(Cl)ncc1N. The lowest BCUT2D eigenvalue weighted by Crippen LogP contribution is -2.34. The van der Waals surface area contributed by atoms with Gasteiger partial charge in [-0.05, 0) is 38.0 Å². The molecule has 0 aliphatic heterocycles. The number of likely N-dealkylation sites (N-methyl/N-ethyl adjacent to an activating group) is 1. The molecule has 3 N–H and O–H groups in total. The lowest BCUT2D eigenvalue weighted by Gasteiger charge is -2.24. The first-order valence-electron chi connectivity index (χ1n) is 6.07. The Morgan fingerprint density at radius 3 is 2.67 bits per heavy atom. The number of anilines is 2. The summed E-state index contributed by atoms with van der Waals surface area (Å²) in [4.78, 5) is 10.1. The number of halogens is 1. The summed E-state index contributed by atoms with van der Waals surface area (Å²) in [5.41, 5.74) is 6.36. The zero-order valence-corrected chi connectivity index (χ0v) is 12.2. The lowest BCUT2D eigenvalue weighted by atomic mass is 10.0. The minimum atomic E-state index is 0.208. The van der Waals surface area contributed by atoms with E-state index >= 15 is 0 Å². The molecule has 0 saturated heterocycles. The van der Waals surface area contributed by atoms with Crippen molar-refractivity contribution in [2.45, 2.75) is 26.3 Å². The maximum Gasteiger partial charge on any atom is 0.224 e. The Balaban J connectivity index is 2.77. The molecular formula is C12H22ClN5. The van der Waals surface area contributed by atoms with Crippen LogP contribution in [0.4, 0.5) is 11.5 Å². The van der Waals surface area contributed by atoms with Gasteiger partial charge in [-0.15, -0.1) is 0 Å². The summed E-state index contributed by atoms with van der Waals surface area (Å²) in [5.74, 6) is 1.21. The lowest BCUT2D eigenvalue weighted by molar-refractivity contribution is 0.356. The molecule has 0 aliphatic rings. The van der Waals surface area contributed by atoms with Crippen LogP contribution < -0.4 is 11.1 Å². The van der Waals surface area contributed by atoms with Gasteiger partial charge in [0.25, 0.3) is 0 Å². The third-order valence-corrected chi connectivity index (χ3v) is 2.65. The maximum absolute atomic E-state index is 5.84. The minimum absolute atomic E-state index is 0.208. The van der Waals surface area contributed by atoms with Crippen molar-refractivity contribution >= 4 is 23.1 Å². The number of nitrogen functional groups attached to an aromatic ring is 1. The fourth-order valence-corrected chi connectivity index (χ4v) is 2.00. The monoisotopic (exact) mass is 271 g/mol. The molecule has 0 fully saturated rings. The Morgan fingerprint density at radius 2 is 2.11 bits per heavy atom. The highest BCUT2D eigenvalue weighted by molar-refractivity contribution is 6.28. The highest BCUT2D eigenvalue weighted by atomic mass is 35.5. The Bertz CT molecular complexity index is 371. The van der Waals surface area contributed by atoms with Crippen LogP contribution in [0.15, 0.2) is 6.20 Å². The number of aromatic nitrogens is 2. The largest absolute Gasteiger partial charge is 0.394 e. The predicted octanol–water partition coefficient (Wildman–Crippen LogP) is 2.10. The zero-order valence-electron chi connectivity index (χ0n) is 11.4. The minimum Gasteiger partial charge on any atom is -0.394 e. The molecule has 18 heavy (non-hydrogen) atoms. The van der Waals surface area contributed by atoms with Gasteiger partial charge in [-0.2, -0.15) is 4.98 Å². The van der Waals surface area contributed by atoms with E-state index in [9.17, 15) is 0 Å². The third kappa shape index (κ3) is 5.06. The highest BCUT2D eigenvalue weighted by Gasteiger charge is 2.14. The summed E-state index contributed by atoms with van der Waals surface area (Å²) in [6.45, 7) is 5.31. The van der Waals surface area contributed by atoms with Crippen molar-refractivity contribution < 1.29 is 0 Å². The molecule has 1 atom stereocenters. The Hall–Kier alpha value is -1.07. The van der Waals surface area contributed by atoms with Crippen LogP contribution in [0.3, 0.4) is 0 Å². The molecular weight excluding hydrogens is 250 g/mol. The van der Waals surface area contributed by atoms with Crippen LogP contribution in [-0.4, -0.2) is 41.5 Å². The van der Waals surface area contributed by atoms with E-state index in [1.165, 1.54) is 6.20 Å². The summed E-state index contributed by atoms with van der Waals surface area (Å²) in [5, 5.41) is 3.56.